The number of carbonyl (C=O) groups is 2. The van der Waals surface area contributed by atoms with Crippen molar-refractivity contribution in [2.45, 2.75) is 93.3 Å². The summed E-state index contributed by atoms with van der Waals surface area (Å²) in [6, 6.07) is 10.1. The third kappa shape index (κ3) is 5.96. The monoisotopic (exact) mass is 572 g/mol. The van der Waals surface area contributed by atoms with Gasteiger partial charge in [-0.1, -0.05) is 13.8 Å². The SMILES string of the molecule is CCc1c(-c2cc(-c3[nH]c(C(=O)OC(C)(C)C)c(C)c3CC)c3ccc(OC)ccc2-3)[nH]c(C(=O)OC(C)(C)C)c1C. The molecule has 2 N–H and O–H groups in total. The fourth-order valence-electron chi connectivity index (χ4n) is 5.56. The van der Waals surface area contributed by atoms with Crippen LogP contribution in [0.4, 0.5) is 0 Å². The van der Waals surface area contributed by atoms with E-state index in [1.54, 1.807) is 7.11 Å². The van der Waals surface area contributed by atoms with E-state index in [1.807, 2.05) is 79.7 Å². The molecule has 0 unspecified atom stereocenters. The maximum atomic E-state index is 13.2. The van der Waals surface area contributed by atoms with Crippen molar-refractivity contribution in [3.05, 3.63) is 64.0 Å². The molecule has 0 spiro atoms. The smallest absolute Gasteiger partial charge is 0.355 e. The average Bonchev–Trinajstić information content (AvgIpc) is 3.46. The third-order valence-electron chi connectivity index (χ3n) is 7.43. The number of rotatable bonds is 7. The largest absolute Gasteiger partial charge is 0.497 e. The van der Waals surface area contributed by atoms with Crippen LogP contribution in [0.15, 0.2) is 30.3 Å². The average molecular weight is 573 g/mol. The molecule has 2 heterocycles. The fraction of sp³-hybridized carbons (Fsp3) is 0.429. The van der Waals surface area contributed by atoms with Gasteiger partial charge in [-0.05, 0) is 132 Å². The summed E-state index contributed by atoms with van der Waals surface area (Å²) in [6.07, 6.45) is 1.46. The van der Waals surface area contributed by atoms with Gasteiger partial charge in [0, 0.05) is 11.1 Å². The number of hydrogen-bond acceptors (Lipinski definition) is 5. The molecule has 7 nitrogen and oxygen atoms in total. The molecule has 0 saturated carbocycles. The minimum absolute atomic E-state index is 0.375. The first kappa shape index (κ1) is 30.9. The van der Waals surface area contributed by atoms with Gasteiger partial charge in [-0.15, -0.1) is 0 Å². The first-order valence-corrected chi connectivity index (χ1v) is 14.6. The van der Waals surface area contributed by atoms with Crippen LogP contribution in [-0.4, -0.2) is 40.2 Å². The second kappa shape index (κ2) is 11.3. The third-order valence-corrected chi connectivity index (χ3v) is 7.43. The van der Waals surface area contributed by atoms with Crippen LogP contribution in [0.3, 0.4) is 0 Å². The van der Waals surface area contributed by atoms with Gasteiger partial charge in [0.25, 0.3) is 0 Å². The Labute approximate surface area is 249 Å². The molecule has 7 heteroatoms. The van der Waals surface area contributed by atoms with Crippen molar-refractivity contribution in [1.82, 2.24) is 9.97 Å². The highest BCUT2D eigenvalue weighted by atomic mass is 16.6. The first-order chi connectivity index (χ1) is 19.6. The molecule has 2 aliphatic rings. The van der Waals surface area contributed by atoms with Crippen LogP contribution in [-0.2, 0) is 22.3 Å². The van der Waals surface area contributed by atoms with Crippen LogP contribution in [0.25, 0.3) is 33.6 Å². The van der Waals surface area contributed by atoms with Crippen molar-refractivity contribution in [3.63, 3.8) is 0 Å². The van der Waals surface area contributed by atoms with Crippen LogP contribution in [0.1, 0.15) is 98.6 Å². The number of fused-ring (bicyclic) bond motifs is 1. The van der Waals surface area contributed by atoms with E-state index in [-0.39, 0.29) is 11.9 Å². The lowest BCUT2D eigenvalue weighted by Gasteiger charge is -2.19. The molecule has 42 heavy (non-hydrogen) atoms. The molecule has 0 aromatic carbocycles. The van der Waals surface area contributed by atoms with Gasteiger partial charge in [0.15, 0.2) is 0 Å². The van der Waals surface area contributed by atoms with Gasteiger partial charge >= 0.3 is 11.9 Å². The summed E-state index contributed by atoms with van der Waals surface area (Å²) in [6.45, 7) is 19.3. The Morgan fingerprint density at radius 1 is 0.667 bits per heavy atom. The summed E-state index contributed by atoms with van der Waals surface area (Å²) < 4.78 is 17.0. The Balaban J connectivity index is 1.99. The highest BCUT2D eigenvalue weighted by Crippen LogP contribution is 2.46. The number of esters is 2. The van der Waals surface area contributed by atoms with Crippen molar-refractivity contribution in [2.75, 3.05) is 7.11 Å². The quantitative estimate of drug-likeness (QED) is 0.217. The molecule has 224 valence electrons. The zero-order valence-electron chi connectivity index (χ0n) is 26.8. The number of aromatic amines is 2. The summed E-state index contributed by atoms with van der Waals surface area (Å²) in [7, 11) is 1.65. The molecule has 2 aliphatic carbocycles. The Bertz CT molecular complexity index is 1490. The summed E-state index contributed by atoms with van der Waals surface area (Å²) >= 11 is 0. The van der Waals surface area contributed by atoms with E-state index in [4.69, 9.17) is 14.2 Å². The molecule has 2 aromatic rings. The summed E-state index contributed by atoms with van der Waals surface area (Å²) in [5.74, 6) is -0.0252. The molecule has 0 amide bonds. The van der Waals surface area contributed by atoms with E-state index in [9.17, 15) is 9.59 Å². The zero-order valence-corrected chi connectivity index (χ0v) is 26.8. The second-order valence-electron chi connectivity index (χ2n) is 12.7. The van der Waals surface area contributed by atoms with E-state index in [2.05, 4.69) is 29.9 Å². The lowest BCUT2D eigenvalue weighted by atomic mass is 9.99. The molecule has 0 saturated heterocycles. The fourth-order valence-corrected chi connectivity index (χ4v) is 5.56. The highest BCUT2D eigenvalue weighted by molar-refractivity contribution is 6.01. The van der Waals surface area contributed by atoms with E-state index < -0.39 is 11.2 Å². The summed E-state index contributed by atoms with van der Waals surface area (Å²) in [4.78, 5) is 33.2. The number of ether oxygens (including phenoxy) is 3. The predicted octanol–water partition coefficient (Wildman–Crippen LogP) is 8.44. The van der Waals surface area contributed by atoms with Crippen molar-refractivity contribution in [2.24, 2.45) is 0 Å². The Hall–Kier alpha value is -4.00. The number of hydrogen-bond donors (Lipinski definition) is 2. The molecule has 2 aromatic heterocycles. The Morgan fingerprint density at radius 2 is 1.05 bits per heavy atom. The van der Waals surface area contributed by atoms with Crippen LogP contribution in [0.5, 0.6) is 5.75 Å². The molecule has 0 atom stereocenters. The van der Waals surface area contributed by atoms with Crippen molar-refractivity contribution < 1.29 is 23.8 Å². The predicted molar refractivity (Wildman–Crippen MR) is 168 cm³/mol. The Kier molecular flexibility index (Phi) is 8.36. The number of carbonyl (C=O) groups excluding carboxylic acids is 2. The van der Waals surface area contributed by atoms with E-state index in [0.717, 1.165) is 74.5 Å². The van der Waals surface area contributed by atoms with Crippen LogP contribution in [0, 0.1) is 13.8 Å². The lowest BCUT2D eigenvalue weighted by Crippen LogP contribution is -2.24. The highest BCUT2D eigenvalue weighted by Gasteiger charge is 2.30. The molecule has 0 fully saturated rings. The van der Waals surface area contributed by atoms with E-state index in [1.165, 1.54) is 0 Å². The van der Waals surface area contributed by atoms with Crippen LogP contribution < -0.4 is 4.74 Å². The maximum Gasteiger partial charge on any atom is 0.355 e. The molecule has 4 rings (SSSR count). The van der Waals surface area contributed by atoms with E-state index in [0.29, 0.717) is 11.4 Å². The number of aromatic nitrogens is 2. The Morgan fingerprint density at radius 3 is 1.36 bits per heavy atom. The summed E-state index contributed by atoms with van der Waals surface area (Å²) in [5.41, 5.74) is 9.24. The van der Waals surface area contributed by atoms with Crippen molar-refractivity contribution >= 4 is 11.9 Å². The van der Waals surface area contributed by atoms with Gasteiger partial charge in [0.1, 0.15) is 28.3 Å². The normalized spacial score (nSPS) is 12.1. The van der Waals surface area contributed by atoms with Crippen molar-refractivity contribution in [3.8, 4) is 39.4 Å². The minimum Gasteiger partial charge on any atom is -0.497 e. The van der Waals surface area contributed by atoms with Crippen LogP contribution >= 0.6 is 0 Å². The molecule has 0 radical (unpaired) electrons. The molecule has 0 aliphatic heterocycles. The van der Waals surface area contributed by atoms with Gasteiger partial charge < -0.3 is 24.2 Å². The molecular formula is C35H44N2O5. The minimum atomic E-state index is -0.612. The van der Waals surface area contributed by atoms with Crippen LogP contribution in [0.2, 0.25) is 0 Å². The lowest BCUT2D eigenvalue weighted by molar-refractivity contribution is 0.00504. The number of nitrogens with one attached hydrogen (secondary N) is 2. The summed E-state index contributed by atoms with van der Waals surface area (Å²) in [5, 5.41) is 0. The second-order valence-corrected chi connectivity index (χ2v) is 12.7. The van der Waals surface area contributed by atoms with Gasteiger partial charge in [0.2, 0.25) is 0 Å². The standard InChI is InChI=1S/C35H44N2O5/c1-12-22-19(3)28(32(38)41-34(5,6)7)36-30(22)26-18-27(25-17-15-21(40-11)14-16-24(25)26)31-23(13-2)20(4)29(37-31)33(39)42-35(8,9)10/h14-18,36-37H,12-13H2,1-11H3. The maximum absolute atomic E-state index is 13.2. The van der Waals surface area contributed by atoms with Gasteiger partial charge in [-0.3, -0.25) is 0 Å². The first-order valence-electron chi connectivity index (χ1n) is 14.6. The van der Waals surface area contributed by atoms with Gasteiger partial charge in [-0.2, -0.15) is 0 Å². The topological polar surface area (TPSA) is 93.4 Å². The number of methoxy groups -OCH3 is 1. The van der Waals surface area contributed by atoms with Gasteiger partial charge in [0.05, 0.1) is 18.5 Å². The molecule has 0 bridgehead atoms. The molecular weight excluding hydrogens is 528 g/mol. The van der Waals surface area contributed by atoms with Crippen molar-refractivity contribution in [1.29, 1.82) is 0 Å². The number of H-pyrrole nitrogens is 2. The zero-order chi connectivity index (χ0) is 31.1. The van der Waals surface area contributed by atoms with Gasteiger partial charge in [-0.25, -0.2) is 9.59 Å². The van der Waals surface area contributed by atoms with E-state index >= 15 is 0 Å².